The molecule has 0 radical (unpaired) electrons. The monoisotopic (exact) mass is 288 g/mol. The second-order valence-electron chi connectivity index (χ2n) is 4.56. The van der Waals surface area contributed by atoms with Crippen LogP contribution in [0.25, 0.3) is 0 Å². The zero-order valence-corrected chi connectivity index (χ0v) is 11.9. The number of rotatable bonds is 7. The van der Waals surface area contributed by atoms with E-state index in [4.69, 9.17) is 20.3 Å². The Morgan fingerprint density at radius 3 is 2.47 bits per heavy atom. The summed E-state index contributed by atoms with van der Waals surface area (Å²) < 4.78 is 33.1. The third-order valence-corrected chi connectivity index (χ3v) is 3.22. The summed E-state index contributed by atoms with van der Waals surface area (Å²) in [5.41, 5.74) is 5.68. The highest BCUT2D eigenvalue weighted by molar-refractivity contribution is 7.89. The van der Waals surface area contributed by atoms with Crippen LogP contribution in [0, 0.1) is 5.92 Å². The van der Waals surface area contributed by atoms with Crippen LogP contribution in [-0.4, -0.2) is 28.2 Å². The van der Waals surface area contributed by atoms with Gasteiger partial charge in [0, 0.05) is 12.7 Å². The van der Waals surface area contributed by atoms with Gasteiger partial charge in [-0.2, -0.15) is 0 Å². The van der Waals surface area contributed by atoms with Gasteiger partial charge >= 0.3 is 0 Å². The van der Waals surface area contributed by atoms with Gasteiger partial charge in [-0.25, -0.2) is 13.6 Å². The van der Waals surface area contributed by atoms with Gasteiger partial charge in [-0.3, -0.25) is 0 Å². The van der Waals surface area contributed by atoms with Crippen LogP contribution >= 0.6 is 0 Å². The van der Waals surface area contributed by atoms with E-state index in [-0.39, 0.29) is 10.6 Å². The normalized spacial score (nSPS) is 11.8. The molecule has 0 fully saturated rings. The van der Waals surface area contributed by atoms with Crippen LogP contribution < -0.4 is 15.6 Å². The predicted octanol–water partition coefficient (Wildman–Crippen LogP) is 0.968. The van der Waals surface area contributed by atoms with Crippen LogP contribution in [-0.2, 0) is 14.8 Å². The average molecular weight is 288 g/mol. The van der Waals surface area contributed by atoms with Crippen LogP contribution in [0.5, 0.6) is 5.75 Å². The molecule has 19 heavy (non-hydrogen) atoms. The Hall–Kier alpha value is -1.31. The lowest BCUT2D eigenvalue weighted by Crippen LogP contribution is -2.14. The minimum Gasteiger partial charge on any atom is -0.491 e. The van der Waals surface area contributed by atoms with Gasteiger partial charge < -0.3 is 15.2 Å². The molecule has 108 valence electrons. The van der Waals surface area contributed by atoms with Crippen molar-refractivity contribution < 1.29 is 17.9 Å². The van der Waals surface area contributed by atoms with Crippen molar-refractivity contribution in [2.45, 2.75) is 18.7 Å². The first-order chi connectivity index (χ1) is 8.80. The molecule has 0 aromatic heterocycles. The Bertz CT molecular complexity index is 514. The van der Waals surface area contributed by atoms with Gasteiger partial charge in [0.2, 0.25) is 10.0 Å². The van der Waals surface area contributed by atoms with Crippen molar-refractivity contribution in [3.05, 3.63) is 18.2 Å². The van der Waals surface area contributed by atoms with E-state index in [0.717, 1.165) is 0 Å². The van der Waals surface area contributed by atoms with E-state index in [0.29, 0.717) is 31.5 Å². The fourth-order valence-electron chi connectivity index (χ4n) is 1.41. The van der Waals surface area contributed by atoms with E-state index >= 15 is 0 Å². The lowest BCUT2D eigenvalue weighted by Gasteiger charge is -2.10. The van der Waals surface area contributed by atoms with Crippen molar-refractivity contribution in [1.82, 2.24) is 0 Å². The molecule has 6 nitrogen and oxygen atoms in total. The summed E-state index contributed by atoms with van der Waals surface area (Å²) in [5, 5.41) is 5.01. The highest BCUT2D eigenvalue weighted by atomic mass is 32.2. The summed E-state index contributed by atoms with van der Waals surface area (Å²) in [6, 6.07) is 4.27. The molecule has 4 N–H and O–H groups in total. The lowest BCUT2D eigenvalue weighted by atomic mass is 10.2. The molecule has 1 aromatic carbocycles. The van der Waals surface area contributed by atoms with Crippen molar-refractivity contribution in [2.24, 2.45) is 11.1 Å². The van der Waals surface area contributed by atoms with E-state index in [1.165, 1.54) is 18.2 Å². The molecular formula is C12H20N2O4S. The van der Waals surface area contributed by atoms with Crippen LogP contribution in [0.2, 0.25) is 0 Å². The molecule has 0 aliphatic carbocycles. The van der Waals surface area contributed by atoms with E-state index < -0.39 is 10.0 Å². The first-order valence-corrected chi connectivity index (χ1v) is 7.48. The Morgan fingerprint density at radius 1 is 1.26 bits per heavy atom. The number of primary sulfonamides is 1. The van der Waals surface area contributed by atoms with Crippen molar-refractivity contribution in [3.63, 3.8) is 0 Å². The van der Waals surface area contributed by atoms with Crippen molar-refractivity contribution in [2.75, 3.05) is 25.6 Å². The molecule has 1 aromatic rings. The Kier molecular flexibility index (Phi) is 5.59. The van der Waals surface area contributed by atoms with E-state index in [1.807, 2.05) is 0 Å². The number of sulfonamides is 1. The van der Waals surface area contributed by atoms with Crippen LogP contribution in [0.4, 0.5) is 5.69 Å². The number of nitrogen functional groups attached to an aromatic ring is 1. The summed E-state index contributed by atoms with van der Waals surface area (Å²) in [6.07, 6.45) is 0. The summed E-state index contributed by atoms with van der Waals surface area (Å²) in [5.74, 6) is 0.961. The first kappa shape index (κ1) is 15.7. The zero-order chi connectivity index (χ0) is 14.5. The first-order valence-electron chi connectivity index (χ1n) is 5.93. The molecule has 0 spiro atoms. The summed E-state index contributed by atoms with van der Waals surface area (Å²) >= 11 is 0. The molecular weight excluding hydrogens is 268 g/mol. The number of ether oxygens (including phenoxy) is 2. The smallest absolute Gasteiger partial charge is 0.240 e. The minimum atomic E-state index is -3.79. The topological polar surface area (TPSA) is 105 Å². The van der Waals surface area contributed by atoms with Gasteiger partial charge in [-0.15, -0.1) is 0 Å². The van der Waals surface area contributed by atoms with Crippen LogP contribution in [0.15, 0.2) is 23.1 Å². The maximum atomic E-state index is 11.2. The summed E-state index contributed by atoms with van der Waals surface area (Å²) in [4.78, 5) is -0.101. The van der Waals surface area contributed by atoms with E-state index in [1.54, 1.807) is 0 Å². The molecule has 0 aliphatic rings. The fourth-order valence-corrected chi connectivity index (χ4v) is 2.06. The van der Waals surface area contributed by atoms with Crippen molar-refractivity contribution in [1.29, 1.82) is 0 Å². The van der Waals surface area contributed by atoms with Gasteiger partial charge in [0.05, 0.1) is 12.3 Å². The van der Waals surface area contributed by atoms with Gasteiger partial charge in [0.25, 0.3) is 0 Å². The maximum Gasteiger partial charge on any atom is 0.240 e. The largest absolute Gasteiger partial charge is 0.491 e. The van der Waals surface area contributed by atoms with Gasteiger partial charge in [-0.05, 0) is 18.1 Å². The maximum absolute atomic E-state index is 11.2. The second kappa shape index (κ2) is 6.74. The summed E-state index contributed by atoms with van der Waals surface area (Å²) in [6.45, 7) is 5.65. The van der Waals surface area contributed by atoms with E-state index in [9.17, 15) is 8.42 Å². The van der Waals surface area contributed by atoms with Crippen molar-refractivity contribution >= 4 is 15.7 Å². The second-order valence-corrected chi connectivity index (χ2v) is 6.09. The van der Waals surface area contributed by atoms with Gasteiger partial charge in [-0.1, -0.05) is 13.8 Å². The SMILES string of the molecule is CC(C)COCCOc1ccc(S(N)(=O)=O)c(N)c1. The molecule has 0 heterocycles. The molecule has 0 saturated heterocycles. The van der Waals surface area contributed by atoms with Crippen molar-refractivity contribution in [3.8, 4) is 5.75 Å². The minimum absolute atomic E-state index is 0.0723. The zero-order valence-electron chi connectivity index (χ0n) is 11.1. The molecule has 0 amide bonds. The van der Waals surface area contributed by atoms with Crippen LogP contribution in [0.3, 0.4) is 0 Å². The van der Waals surface area contributed by atoms with Gasteiger partial charge in [0.1, 0.15) is 17.3 Å². The number of benzene rings is 1. The highest BCUT2D eigenvalue weighted by Gasteiger charge is 2.12. The molecule has 1 rings (SSSR count). The van der Waals surface area contributed by atoms with E-state index in [2.05, 4.69) is 13.8 Å². The molecule has 0 atom stereocenters. The predicted molar refractivity (Wildman–Crippen MR) is 73.4 cm³/mol. The molecule has 0 unspecified atom stereocenters. The molecule has 7 heteroatoms. The average Bonchev–Trinajstić information content (AvgIpc) is 2.26. The molecule has 0 aliphatic heterocycles. The Morgan fingerprint density at radius 2 is 1.95 bits per heavy atom. The molecule has 0 saturated carbocycles. The van der Waals surface area contributed by atoms with Gasteiger partial charge in [0.15, 0.2) is 0 Å². The van der Waals surface area contributed by atoms with Crippen LogP contribution in [0.1, 0.15) is 13.8 Å². The third kappa shape index (κ3) is 5.46. The highest BCUT2D eigenvalue weighted by Crippen LogP contribution is 2.22. The quantitative estimate of drug-likeness (QED) is 0.574. The lowest BCUT2D eigenvalue weighted by molar-refractivity contribution is 0.0819. The third-order valence-electron chi connectivity index (χ3n) is 2.24. The summed E-state index contributed by atoms with van der Waals surface area (Å²) in [7, 11) is -3.79. The number of hydrogen-bond donors (Lipinski definition) is 2. The Labute approximate surface area is 113 Å². The fraction of sp³-hybridized carbons (Fsp3) is 0.500. The number of hydrogen-bond acceptors (Lipinski definition) is 5. The Balaban J connectivity index is 2.51. The standard InChI is InChI=1S/C12H20N2O4S/c1-9(2)8-17-5-6-18-10-3-4-12(11(13)7-10)19(14,15)16/h3-4,7,9H,5-6,8,13H2,1-2H3,(H2,14,15,16). The number of nitrogens with two attached hydrogens (primary N) is 2. The molecule has 0 bridgehead atoms. The number of anilines is 1.